The molecule has 0 aliphatic carbocycles. The molecular formula is C42H67N5O9. The smallest absolute Gasteiger partial charge is 0.303 e. The number of carbonyl (C=O) groups excluding carboxylic acids is 7. The molecule has 1 heterocycles. The summed E-state index contributed by atoms with van der Waals surface area (Å²) in [6.45, 7) is 4.57. The number of pyridine rings is 1. The number of ketones is 4. The van der Waals surface area contributed by atoms with Gasteiger partial charge in [0, 0.05) is 70.7 Å². The molecule has 0 radical (unpaired) electrons. The van der Waals surface area contributed by atoms with Gasteiger partial charge in [0.2, 0.25) is 11.8 Å². The highest BCUT2D eigenvalue weighted by Crippen LogP contribution is 2.12. The van der Waals surface area contributed by atoms with Crippen LogP contribution < -0.4 is 21.3 Å². The fraction of sp³-hybridized carbons (Fsp3) is 0.690. The molecule has 0 fully saturated rings. The van der Waals surface area contributed by atoms with E-state index in [0.717, 1.165) is 57.8 Å². The number of carboxylic acid groups (broad SMARTS) is 1. The summed E-state index contributed by atoms with van der Waals surface area (Å²) in [7, 11) is 0. The molecule has 0 spiro atoms. The number of unbranched alkanes of at least 4 members (excludes halogenated alkanes) is 9. The van der Waals surface area contributed by atoms with Crippen molar-refractivity contribution in [3.05, 3.63) is 23.9 Å². The van der Waals surface area contributed by atoms with Gasteiger partial charge in [0.25, 0.3) is 5.91 Å². The summed E-state index contributed by atoms with van der Waals surface area (Å²) in [6.07, 6.45) is 14.9. The third-order valence-electron chi connectivity index (χ3n) is 9.26. The predicted molar refractivity (Wildman–Crippen MR) is 215 cm³/mol. The van der Waals surface area contributed by atoms with Crippen molar-refractivity contribution in [2.24, 2.45) is 0 Å². The average Bonchev–Trinajstić information content (AvgIpc) is 3.16. The first-order valence-corrected chi connectivity index (χ1v) is 20.7. The molecule has 314 valence electrons. The second-order valence-electron chi connectivity index (χ2n) is 14.5. The Labute approximate surface area is 332 Å². The monoisotopic (exact) mass is 785 g/mol. The van der Waals surface area contributed by atoms with Crippen LogP contribution in [0.3, 0.4) is 0 Å². The summed E-state index contributed by atoms with van der Waals surface area (Å²) >= 11 is 0. The second kappa shape index (κ2) is 31.7. The predicted octanol–water partition coefficient (Wildman–Crippen LogP) is 6.20. The number of Topliss-reactive ketones (excluding diaryl/α,β-unsaturated/α-hetero) is 4. The van der Waals surface area contributed by atoms with E-state index in [2.05, 4.69) is 26.3 Å². The normalized spacial score (nSPS) is 11.3. The lowest BCUT2D eigenvalue weighted by Gasteiger charge is -2.17. The lowest BCUT2D eigenvalue weighted by Crippen LogP contribution is -2.41. The number of anilines is 1. The molecule has 14 nitrogen and oxygen atoms in total. The van der Waals surface area contributed by atoms with Crippen LogP contribution in [0.25, 0.3) is 0 Å². The molecule has 0 aromatic carbocycles. The molecule has 0 aliphatic rings. The third-order valence-corrected chi connectivity index (χ3v) is 9.26. The number of nitrogens with zero attached hydrogens (tertiary/aromatic N) is 1. The Morgan fingerprint density at radius 3 is 1.79 bits per heavy atom. The van der Waals surface area contributed by atoms with E-state index in [0.29, 0.717) is 95.1 Å². The number of aromatic nitrogens is 1. The highest BCUT2D eigenvalue weighted by atomic mass is 16.4. The van der Waals surface area contributed by atoms with Gasteiger partial charge in [-0.1, -0.05) is 39.0 Å². The lowest BCUT2D eigenvalue weighted by molar-refractivity contribution is -0.137. The number of amides is 3. The first kappa shape index (κ1) is 49.5. The molecule has 14 heteroatoms. The molecule has 0 aliphatic heterocycles. The van der Waals surface area contributed by atoms with Gasteiger partial charge in [-0.2, -0.15) is 0 Å². The maximum absolute atomic E-state index is 12.6. The number of rotatable bonds is 36. The molecule has 0 saturated heterocycles. The maximum atomic E-state index is 12.6. The number of carbonyl (C=O) groups is 8. The zero-order chi connectivity index (χ0) is 41.4. The van der Waals surface area contributed by atoms with Gasteiger partial charge in [0.1, 0.15) is 23.2 Å². The summed E-state index contributed by atoms with van der Waals surface area (Å²) in [5.41, 5.74) is 0.442. The zero-order valence-corrected chi connectivity index (χ0v) is 33.9. The molecule has 0 saturated carbocycles. The Hall–Kier alpha value is -4.49. The van der Waals surface area contributed by atoms with Crippen molar-refractivity contribution in [1.29, 1.82) is 0 Å². The van der Waals surface area contributed by atoms with Crippen LogP contribution in [0.5, 0.6) is 0 Å². The van der Waals surface area contributed by atoms with Crippen LogP contribution in [0.15, 0.2) is 18.3 Å². The van der Waals surface area contributed by atoms with Crippen molar-refractivity contribution in [3.63, 3.8) is 0 Å². The molecule has 3 amide bonds. The minimum atomic E-state index is -0.820. The molecule has 1 atom stereocenters. The van der Waals surface area contributed by atoms with Gasteiger partial charge in [0.15, 0.2) is 5.78 Å². The Kier molecular flexibility index (Phi) is 28.0. The number of carboxylic acids is 1. The minimum Gasteiger partial charge on any atom is -0.481 e. The molecule has 0 unspecified atom stereocenters. The lowest BCUT2D eigenvalue weighted by atomic mass is 10.0. The standard InChI is InChI=1S/C42H67N5O9/c1-3-17-37(51)36(47-40(53)27-25-35(50)20-10-5-7-13-23-41(54)55)21-14-16-28-43-39(52)22-12-6-4-9-18-34(49)19-11-8-15-29-44-42(56)33-24-26-38(46-31-33)45-30-32(2)48/h24,26,31,36H,3-23,25,27-30H2,1-2H3,(H,43,52)(H,44,56)(H,45,46)(H,47,53)(H,54,55)/t36-/m0/s1. The van der Waals surface area contributed by atoms with E-state index < -0.39 is 12.0 Å². The molecular weight excluding hydrogens is 718 g/mol. The molecule has 1 aromatic rings. The van der Waals surface area contributed by atoms with Crippen LogP contribution in [0.2, 0.25) is 0 Å². The zero-order valence-electron chi connectivity index (χ0n) is 33.9. The van der Waals surface area contributed by atoms with Gasteiger partial charge in [-0.05, 0) is 83.3 Å². The van der Waals surface area contributed by atoms with E-state index in [-0.39, 0.29) is 66.7 Å². The van der Waals surface area contributed by atoms with E-state index in [1.165, 1.54) is 13.1 Å². The third kappa shape index (κ3) is 27.1. The molecule has 56 heavy (non-hydrogen) atoms. The van der Waals surface area contributed by atoms with Crippen molar-refractivity contribution < 1.29 is 43.5 Å². The second-order valence-corrected chi connectivity index (χ2v) is 14.5. The van der Waals surface area contributed by atoms with Gasteiger partial charge in [-0.15, -0.1) is 0 Å². The van der Waals surface area contributed by atoms with E-state index in [4.69, 9.17) is 5.11 Å². The van der Waals surface area contributed by atoms with E-state index in [9.17, 15) is 38.4 Å². The summed E-state index contributed by atoms with van der Waals surface area (Å²) in [5, 5.41) is 20.1. The Morgan fingerprint density at radius 2 is 1.20 bits per heavy atom. The van der Waals surface area contributed by atoms with Crippen LogP contribution in [0.1, 0.15) is 172 Å². The first-order valence-electron chi connectivity index (χ1n) is 20.7. The Bertz CT molecular complexity index is 1370. The van der Waals surface area contributed by atoms with Crippen LogP contribution in [0, 0.1) is 0 Å². The highest BCUT2D eigenvalue weighted by Gasteiger charge is 2.20. The summed E-state index contributed by atoms with van der Waals surface area (Å²) in [4.78, 5) is 99.9. The molecule has 1 aromatic heterocycles. The summed E-state index contributed by atoms with van der Waals surface area (Å²) in [5.74, 6) is -0.659. The number of hydrogen-bond acceptors (Lipinski definition) is 10. The number of nitrogens with one attached hydrogen (secondary N) is 4. The van der Waals surface area contributed by atoms with Crippen LogP contribution >= 0.6 is 0 Å². The van der Waals surface area contributed by atoms with Crippen LogP contribution in [0.4, 0.5) is 5.82 Å². The van der Waals surface area contributed by atoms with Gasteiger partial charge in [-0.3, -0.25) is 38.4 Å². The molecule has 5 N–H and O–H groups in total. The van der Waals surface area contributed by atoms with E-state index >= 15 is 0 Å². The van der Waals surface area contributed by atoms with E-state index in [1.807, 2.05) is 6.92 Å². The van der Waals surface area contributed by atoms with Crippen molar-refractivity contribution in [2.45, 2.75) is 168 Å². The summed E-state index contributed by atoms with van der Waals surface area (Å²) in [6, 6.07) is 2.71. The average molecular weight is 786 g/mol. The van der Waals surface area contributed by atoms with Crippen molar-refractivity contribution in [3.8, 4) is 0 Å². The molecule has 0 bridgehead atoms. The van der Waals surface area contributed by atoms with Gasteiger partial charge in [-0.25, -0.2) is 4.98 Å². The van der Waals surface area contributed by atoms with Gasteiger partial charge in [0.05, 0.1) is 18.2 Å². The van der Waals surface area contributed by atoms with E-state index in [1.54, 1.807) is 12.1 Å². The quantitative estimate of drug-likeness (QED) is 0.0483. The minimum absolute atomic E-state index is 0.00595. The van der Waals surface area contributed by atoms with Crippen LogP contribution in [-0.4, -0.2) is 82.6 Å². The Morgan fingerprint density at radius 1 is 0.625 bits per heavy atom. The fourth-order valence-corrected chi connectivity index (χ4v) is 5.98. The van der Waals surface area contributed by atoms with Crippen molar-refractivity contribution in [2.75, 3.05) is 25.0 Å². The van der Waals surface area contributed by atoms with Crippen molar-refractivity contribution in [1.82, 2.24) is 20.9 Å². The maximum Gasteiger partial charge on any atom is 0.303 e. The molecule has 1 rings (SSSR count). The summed E-state index contributed by atoms with van der Waals surface area (Å²) < 4.78 is 0. The number of aliphatic carboxylic acids is 1. The largest absolute Gasteiger partial charge is 0.481 e. The first-order chi connectivity index (χ1) is 26.9. The van der Waals surface area contributed by atoms with Crippen LogP contribution in [-0.2, 0) is 33.6 Å². The van der Waals surface area contributed by atoms with Gasteiger partial charge < -0.3 is 26.4 Å². The number of hydrogen-bond donors (Lipinski definition) is 5. The van der Waals surface area contributed by atoms with Crippen molar-refractivity contribution >= 4 is 52.6 Å². The fourth-order valence-electron chi connectivity index (χ4n) is 5.98. The van der Waals surface area contributed by atoms with Gasteiger partial charge >= 0.3 is 5.97 Å². The Balaban J connectivity index is 2.08. The SMILES string of the molecule is CCCC(=O)[C@H](CCCCNC(=O)CCCCCCC(=O)CCCCCNC(=O)c1ccc(NCC(C)=O)nc1)NC(=O)CCC(=O)CCCCCCC(=O)O. The topological polar surface area (TPSA) is 218 Å². The highest BCUT2D eigenvalue weighted by molar-refractivity contribution is 5.94.